The molecule has 3 rings (SSSR count). The van der Waals surface area contributed by atoms with Crippen LogP contribution < -0.4 is 11.1 Å². The van der Waals surface area contributed by atoms with E-state index in [1.807, 2.05) is 12.1 Å². The van der Waals surface area contributed by atoms with Crippen molar-refractivity contribution in [2.75, 3.05) is 12.3 Å². The number of benzene rings is 1. The summed E-state index contributed by atoms with van der Waals surface area (Å²) in [6, 6.07) is 7.16. The van der Waals surface area contributed by atoms with Gasteiger partial charge < -0.3 is 11.1 Å². The number of carbonyl (C=O) groups is 1. The van der Waals surface area contributed by atoms with Gasteiger partial charge in [0.05, 0.1) is 0 Å². The summed E-state index contributed by atoms with van der Waals surface area (Å²) >= 11 is 0. The molecule has 3 atom stereocenters. The van der Waals surface area contributed by atoms with Crippen LogP contribution in [0.2, 0.25) is 0 Å². The van der Waals surface area contributed by atoms with Gasteiger partial charge >= 0.3 is 0 Å². The quantitative estimate of drug-likeness (QED) is 0.837. The molecular formula is C15H21ClN2O. The maximum absolute atomic E-state index is 12.0. The van der Waals surface area contributed by atoms with Gasteiger partial charge in [0.15, 0.2) is 0 Å². The van der Waals surface area contributed by atoms with Gasteiger partial charge in [-0.05, 0) is 55.2 Å². The van der Waals surface area contributed by atoms with Crippen molar-refractivity contribution in [1.82, 2.24) is 5.32 Å². The standard InChI is InChI=1S/C15H20N2O.ClH/c16-14-3-1-2-12(8-14)15(18)17-9-13-7-10-4-5-11(13)6-10;/h1-3,8,10-11,13H,4-7,9,16H2,(H,17,18);1H. The Balaban J connectivity index is 0.00000133. The number of amides is 1. The number of fused-ring (bicyclic) bond motifs is 2. The normalized spacial score (nSPS) is 27.9. The summed E-state index contributed by atoms with van der Waals surface area (Å²) in [6.07, 6.45) is 5.47. The van der Waals surface area contributed by atoms with E-state index in [4.69, 9.17) is 5.73 Å². The van der Waals surface area contributed by atoms with Gasteiger partial charge in [0.1, 0.15) is 0 Å². The van der Waals surface area contributed by atoms with Crippen LogP contribution in [0.1, 0.15) is 36.0 Å². The predicted molar refractivity (Wildman–Crippen MR) is 79.4 cm³/mol. The number of rotatable bonds is 3. The first-order valence-corrected chi connectivity index (χ1v) is 6.86. The molecule has 2 fully saturated rings. The van der Waals surface area contributed by atoms with Gasteiger partial charge in [-0.2, -0.15) is 0 Å². The maximum atomic E-state index is 12.0. The van der Waals surface area contributed by atoms with E-state index < -0.39 is 0 Å². The lowest BCUT2D eigenvalue weighted by atomic mass is 9.89. The fourth-order valence-corrected chi connectivity index (χ4v) is 3.63. The maximum Gasteiger partial charge on any atom is 0.251 e. The van der Waals surface area contributed by atoms with Crippen molar-refractivity contribution >= 4 is 24.0 Å². The van der Waals surface area contributed by atoms with Crippen molar-refractivity contribution in [3.05, 3.63) is 29.8 Å². The van der Waals surface area contributed by atoms with Crippen molar-refractivity contribution in [2.45, 2.75) is 25.7 Å². The summed E-state index contributed by atoms with van der Waals surface area (Å²) in [4.78, 5) is 12.0. The number of hydrogen-bond acceptors (Lipinski definition) is 2. The summed E-state index contributed by atoms with van der Waals surface area (Å²) in [6.45, 7) is 0.828. The molecule has 3 unspecified atom stereocenters. The van der Waals surface area contributed by atoms with E-state index in [2.05, 4.69) is 5.32 Å². The fraction of sp³-hybridized carbons (Fsp3) is 0.533. The van der Waals surface area contributed by atoms with Crippen molar-refractivity contribution in [3.8, 4) is 0 Å². The minimum atomic E-state index is 0. The number of carbonyl (C=O) groups excluding carboxylic acids is 1. The Morgan fingerprint density at radius 3 is 2.79 bits per heavy atom. The van der Waals surface area contributed by atoms with E-state index in [0.717, 1.165) is 18.4 Å². The number of nitrogens with two attached hydrogens (primary N) is 1. The van der Waals surface area contributed by atoms with Crippen molar-refractivity contribution in [1.29, 1.82) is 0 Å². The largest absolute Gasteiger partial charge is 0.399 e. The van der Waals surface area contributed by atoms with E-state index in [9.17, 15) is 4.79 Å². The van der Waals surface area contributed by atoms with Crippen molar-refractivity contribution in [2.24, 2.45) is 17.8 Å². The molecule has 0 spiro atoms. The van der Waals surface area contributed by atoms with Gasteiger partial charge in [-0.15, -0.1) is 12.4 Å². The van der Waals surface area contributed by atoms with Crippen LogP contribution in [0.15, 0.2) is 24.3 Å². The Morgan fingerprint density at radius 2 is 2.16 bits per heavy atom. The fourth-order valence-electron chi connectivity index (χ4n) is 3.63. The number of halogens is 1. The zero-order chi connectivity index (χ0) is 12.5. The topological polar surface area (TPSA) is 55.1 Å². The zero-order valence-corrected chi connectivity index (χ0v) is 11.8. The molecule has 2 saturated carbocycles. The SMILES string of the molecule is Cl.Nc1cccc(C(=O)NCC2CC3CCC2C3)c1. The molecule has 2 aliphatic carbocycles. The summed E-state index contributed by atoms with van der Waals surface area (Å²) in [5.41, 5.74) is 6.99. The predicted octanol–water partition coefficient (Wildman–Crippen LogP) is 2.86. The first-order chi connectivity index (χ1) is 8.72. The molecule has 1 aromatic rings. The number of hydrogen-bond donors (Lipinski definition) is 2. The smallest absolute Gasteiger partial charge is 0.251 e. The minimum absolute atomic E-state index is 0. The molecule has 0 radical (unpaired) electrons. The van der Waals surface area contributed by atoms with Crippen LogP contribution in [-0.4, -0.2) is 12.5 Å². The summed E-state index contributed by atoms with van der Waals surface area (Å²) < 4.78 is 0. The van der Waals surface area contributed by atoms with Gasteiger partial charge in [-0.1, -0.05) is 12.5 Å². The van der Waals surface area contributed by atoms with E-state index in [-0.39, 0.29) is 18.3 Å². The lowest BCUT2D eigenvalue weighted by molar-refractivity contribution is 0.0942. The van der Waals surface area contributed by atoms with Crippen LogP contribution in [-0.2, 0) is 0 Å². The van der Waals surface area contributed by atoms with Crippen molar-refractivity contribution < 1.29 is 4.79 Å². The van der Waals surface area contributed by atoms with Crippen LogP contribution in [0, 0.1) is 17.8 Å². The van der Waals surface area contributed by atoms with Gasteiger partial charge in [0.25, 0.3) is 5.91 Å². The number of nitrogens with one attached hydrogen (secondary N) is 1. The second-order valence-corrected chi connectivity index (χ2v) is 5.77. The minimum Gasteiger partial charge on any atom is -0.399 e. The molecule has 2 aliphatic rings. The van der Waals surface area contributed by atoms with Crippen molar-refractivity contribution in [3.63, 3.8) is 0 Å². The van der Waals surface area contributed by atoms with Gasteiger partial charge in [0.2, 0.25) is 0 Å². The highest BCUT2D eigenvalue weighted by atomic mass is 35.5. The molecule has 0 saturated heterocycles. The molecule has 19 heavy (non-hydrogen) atoms. The third kappa shape index (κ3) is 3.03. The second-order valence-electron chi connectivity index (χ2n) is 5.77. The molecule has 0 heterocycles. The Morgan fingerprint density at radius 1 is 1.32 bits per heavy atom. The molecule has 0 aliphatic heterocycles. The van der Waals surface area contributed by atoms with Crippen LogP contribution in [0.5, 0.6) is 0 Å². The first kappa shape index (κ1) is 14.2. The molecule has 2 bridgehead atoms. The molecule has 3 N–H and O–H groups in total. The molecular weight excluding hydrogens is 260 g/mol. The van der Waals surface area contributed by atoms with E-state index in [1.54, 1.807) is 12.1 Å². The molecule has 0 aromatic heterocycles. The monoisotopic (exact) mass is 280 g/mol. The molecule has 4 heteroatoms. The first-order valence-electron chi connectivity index (χ1n) is 6.86. The Hall–Kier alpha value is -1.22. The van der Waals surface area contributed by atoms with E-state index >= 15 is 0 Å². The van der Waals surface area contributed by atoms with E-state index in [1.165, 1.54) is 25.7 Å². The highest BCUT2D eigenvalue weighted by molar-refractivity contribution is 5.94. The van der Waals surface area contributed by atoms with Gasteiger partial charge in [0, 0.05) is 17.8 Å². The number of nitrogen functional groups attached to an aromatic ring is 1. The third-order valence-corrected chi connectivity index (χ3v) is 4.56. The molecule has 1 amide bonds. The highest BCUT2D eigenvalue weighted by Gasteiger charge is 2.39. The van der Waals surface area contributed by atoms with Crippen LogP contribution in [0.25, 0.3) is 0 Å². The third-order valence-electron chi connectivity index (χ3n) is 4.56. The summed E-state index contributed by atoms with van der Waals surface area (Å²) in [5, 5.41) is 3.06. The average Bonchev–Trinajstić information content (AvgIpc) is 2.98. The Labute approximate surface area is 120 Å². The molecule has 104 valence electrons. The lowest BCUT2D eigenvalue weighted by Gasteiger charge is -2.21. The summed E-state index contributed by atoms with van der Waals surface area (Å²) in [5.74, 6) is 2.50. The highest BCUT2D eigenvalue weighted by Crippen LogP contribution is 2.47. The van der Waals surface area contributed by atoms with Gasteiger partial charge in [-0.3, -0.25) is 4.79 Å². The van der Waals surface area contributed by atoms with Gasteiger partial charge in [-0.25, -0.2) is 0 Å². The lowest BCUT2D eigenvalue weighted by Crippen LogP contribution is -2.31. The zero-order valence-electron chi connectivity index (χ0n) is 11.0. The summed E-state index contributed by atoms with van der Waals surface area (Å²) in [7, 11) is 0. The average molecular weight is 281 g/mol. The van der Waals surface area contributed by atoms with Crippen LogP contribution in [0.4, 0.5) is 5.69 Å². The molecule has 3 nitrogen and oxygen atoms in total. The van der Waals surface area contributed by atoms with E-state index in [0.29, 0.717) is 17.2 Å². The van der Waals surface area contributed by atoms with Crippen LogP contribution in [0.3, 0.4) is 0 Å². The second kappa shape index (κ2) is 5.83. The Kier molecular flexibility index (Phi) is 4.35. The number of anilines is 1. The molecule has 1 aromatic carbocycles. The Bertz CT molecular complexity index is 463. The van der Waals surface area contributed by atoms with Crippen LogP contribution >= 0.6 is 12.4 Å².